The second-order valence-corrected chi connectivity index (χ2v) is 9.80. The van der Waals surface area contributed by atoms with Crippen LogP contribution in [0.15, 0.2) is 35.1 Å². The van der Waals surface area contributed by atoms with Crippen LogP contribution in [0, 0.1) is 11.8 Å². The van der Waals surface area contributed by atoms with Crippen LogP contribution in [0.3, 0.4) is 0 Å². The second kappa shape index (κ2) is 6.69. The summed E-state index contributed by atoms with van der Waals surface area (Å²) >= 11 is 1.42. The lowest BCUT2D eigenvalue weighted by Gasteiger charge is -2.44. The van der Waals surface area contributed by atoms with E-state index in [2.05, 4.69) is 11.2 Å². The zero-order valence-corrected chi connectivity index (χ0v) is 17.7. The van der Waals surface area contributed by atoms with Crippen molar-refractivity contribution in [3.63, 3.8) is 0 Å². The molecule has 0 N–H and O–H groups in total. The van der Waals surface area contributed by atoms with Crippen molar-refractivity contribution in [2.24, 2.45) is 11.8 Å². The van der Waals surface area contributed by atoms with E-state index >= 15 is 0 Å². The smallest absolute Gasteiger partial charge is 0.276 e. The fourth-order valence-electron chi connectivity index (χ4n) is 4.82. The number of carbonyl (C=O) groups is 1. The summed E-state index contributed by atoms with van der Waals surface area (Å²) in [6, 6.07) is 5.57. The first-order valence-electron chi connectivity index (χ1n) is 10.4. The molecule has 2 aromatic rings. The fraction of sp³-hybridized carbons (Fsp3) is 0.476. The van der Waals surface area contributed by atoms with Crippen LogP contribution < -0.4 is 8.61 Å². The van der Waals surface area contributed by atoms with E-state index in [4.69, 9.17) is 9.51 Å². The number of halogens is 2. The Morgan fingerprint density at radius 1 is 1.32 bits per heavy atom. The number of alkyl halides is 2. The third-order valence-corrected chi connectivity index (χ3v) is 7.60. The molecule has 2 bridgehead atoms. The molecule has 7 rings (SSSR count). The van der Waals surface area contributed by atoms with Crippen molar-refractivity contribution < 1.29 is 18.1 Å². The quantitative estimate of drug-likeness (QED) is 0.662. The van der Waals surface area contributed by atoms with Crippen molar-refractivity contribution in [3.8, 4) is 0 Å². The highest BCUT2D eigenvalue weighted by atomic mass is 32.2. The molecule has 31 heavy (non-hydrogen) atoms. The molecule has 2 aromatic heterocycles. The molecule has 10 heteroatoms. The number of rotatable bonds is 4. The summed E-state index contributed by atoms with van der Waals surface area (Å²) in [5, 5.41) is 3.78. The molecule has 0 spiro atoms. The van der Waals surface area contributed by atoms with E-state index in [9.17, 15) is 13.6 Å². The first-order chi connectivity index (χ1) is 14.9. The van der Waals surface area contributed by atoms with E-state index in [1.807, 2.05) is 32.7 Å². The average molecular weight is 445 g/mol. The molecule has 3 unspecified atom stereocenters. The predicted octanol–water partition coefficient (Wildman–Crippen LogP) is 3.86. The first-order valence-corrected chi connectivity index (χ1v) is 11.2. The van der Waals surface area contributed by atoms with Gasteiger partial charge >= 0.3 is 0 Å². The maximum atomic E-state index is 13.4. The van der Waals surface area contributed by atoms with Crippen molar-refractivity contribution in [2.75, 3.05) is 28.7 Å². The number of aromatic nitrogens is 2. The molecule has 5 aliphatic rings. The van der Waals surface area contributed by atoms with Crippen LogP contribution >= 0.6 is 12.1 Å². The Morgan fingerprint density at radius 3 is 2.84 bits per heavy atom. The molecular weight excluding hydrogens is 424 g/mol. The average Bonchev–Trinajstić information content (AvgIpc) is 3.15. The number of amides is 1. The molecule has 2 fully saturated rings. The van der Waals surface area contributed by atoms with E-state index in [-0.39, 0.29) is 24.3 Å². The number of fused-ring (bicyclic) bond motifs is 3. The number of pyridine rings is 1. The normalized spacial score (nSPS) is 28.0. The maximum absolute atomic E-state index is 13.4. The molecule has 162 valence electrons. The standard InChI is InChI=1S/C21H21F2N5O2S/c1-26-19-18(28(31-26)11-13-9-21(13,22)23)5-4-16(24-19)15-8-14-3-2-12(15)10-27(14)20(29)17-6-7-30-25-17/h4-8,12-14H,2-3,9-11H2,1H3. The topological polar surface area (TPSA) is 65.7 Å². The fourth-order valence-corrected chi connectivity index (χ4v) is 5.80. The highest BCUT2D eigenvalue weighted by Crippen LogP contribution is 2.52. The molecule has 7 nitrogen and oxygen atoms in total. The zero-order valence-electron chi connectivity index (χ0n) is 16.9. The Kier molecular flexibility index (Phi) is 4.12. The van der Waals surface area contributed by atoms with Crippen LogP contribution in [-0.2, 0) is 0 Å². The monoisotopic (exact) mass is 445 g/mol. The molecule has 5 heterocycles. The number of anilines is 2. The van der Waals surface area contributed by atoms with Crippen molar-refractivity contribution in [1.82, 2.24) is 15.0 Å². The van der Waals surface area contributed by atoms with Crippen LogP contribution in [0.5, 0.6) is 0 Å². The van der Waals surface area contributed by atoms with Crippen LogP contribution in [0.1, 0.15) is 35.4 Å². The lowest BCUT2D eigenvalue weighted by atomic mass is 9.78. The summed E-state index contributed by atoms with van der Waals surface area (Å²) < 4.78 is 35.4. The lowest BCUT2D eigenvalue weighted by molar-refractivity contribution is 0.0599. The van der Waals surface area contributed by atoms with Crippen LogP contribution in [0.25, 0.3) is 5.57 Å². The minimum absolute atomic E-state index is 0.0138. The molecule has 3 atom stereocenters. The second-order valence-electron chi connectivity index (χ2n) is 8.65. The first kappa shape index (κ1) is 19.1. The van der Waals surface area contributed by atoms with Crippen LogP contribution in [0.2, 0.25) is 0 Å². The molecule has 1 saturated carbocycles. The van der Waals surface area contributed by atoms with Crippen molar-refractivity contribution in [3.05, 3.63) is 41.9 Å². The van der Waals surface area contributed by atoms with Gasteiger partial charge in [0.2, 0.25) is 0 Å². The van der Waals surface area contributed by atoms with Gasteiger partial charge in [-0.2, -0.15) is 0 Å². The Bertz CT molecular complexity index is 1080. The predicted molar refractivity (Wildman–Crippen MR) is 113 cm³/mol. The minimum atomic E-state index is -2.53. The Labute approximate surface area is 182 Å². The summed E-state index contributed by atoms with van der Waals surface area (Å²) in [6.07, 6.45) is 5.45. The number of hydrogen-bond donors (Lipinski definition) is 0. The van der Waals surface area contributed by atoms with Crippen molar-refractivity contribution in [2.45, 2.75) is 31.2 Å². The molecule has 2 aliphatic carbocycles. The number of hydrogen-bond acceptors (Lipinski definition) is 7. The lowest BCUT2D eigenvalue weighted by Crippen LogP contribution is -2.49. The van der Waals surface area contributed by atoms with Crippen molar-refractivity contribution >= 4 is 35.1 Å². The van der Waals surface area contributed by atoms with Gasteiger partial charge in [-0.05, 0) is 30.5 Å². The summed E-state index contributed by atoms with van der Waals surface area (Å²) in [4.78, 5) is 19.5. The summed E-state index contributed by atoms with van der Waals surface area (Å²) in [6.45, 7) is 0.955. The molecule has 1 saturated heterocycles. The van der Waals surface area contributed by atoms with Crippen LogP contribution in [-0.4, -0.2) is 53.0 Å². The Morgan fingerprint density at radius 2 is 2.16 bits per heavy atom. The molecule has 1 amide bonds. The van der Waals surface area contributed by atoms with Crippen LogP contribution in [0.4, 0.5) is 20.3 Å². The van der Waals surface area contributed by atoms with E-state index in [1.165, 1.54) is 18.4 Å². The summed E-state index contributed by atoms with van der Waals surface area (Å²) in [5.74, 6) is -2.21. The van der Waals surface area contributed by atoms with Gasteiger partial charge in [-0.3, -0.25) is 13.4 Å². The highest BCUT2D eigenvalue weighted by Gasteiger charge is 2.57. The summed E-state index contributed by atoms with van der Waals surface area (Å²) in [5.41, 5.74) is 3.27. The van der Waals surface area contributed by atoms with Gasteiger partial charge in [0.15, 0.2) is 11.5 Å². The largest absolute Gasteiger partial charge is 0.364 e. The number of carbonyl (C=O) groups excluding carboxylic acids is 1. The van der Waals surface area contributed by atoms with Gasteiger partial charge in [0, 0.05) is 44.5 Å². The number of nitrogens with zero attached hydrogens (tertiary/aromatic N) is 5. The van der Waals surface area contributed by atoms with E-state index in [0.29, 0.717) is 18.8 Å². The molecular formula is C21H21F2N5O2S. The molecule has 0 radical (unpaired) electrons. The van der Waals surface area contributed by atoms with Crippen molar-refractivity contribution in [1.29, 1.82) is 0 Å². The van der Waals surface area contributed by atoms with Gasteiger partial charge in [0.1, 0.15) is 6.26 Å². The molecule has 0 aromatic carbocycles. The third-order valence-electron chi connectivity index (χ3n) is 6.64. The highest BCUT2D eigenvalue weighted by molar-refractivity contribution is 8.02. The molecule has 3 aliphatic heterocycles. The van der Waals surface area contributed by atoms with Gasteiger partial charge in [0.05, 0.1) is 29.6 Å². The Hall–Kier alpha value is -2.62. The third kappa shape index (κ3) is 3.10. The van der Waals surface area contributed by atoms with Gasteiger partial charge in [-0.1, -0.05) is 11.2 Å². The summed E-state index contributed by atoms with van der Waals surface area (Å²) in [7, 11) is 1.91. The zero-order chi connectivity index (χ0) is 21.3. The maximum Gasteiger partial charge on any atom is 0.276 e. The van der Waals surface area contributed by atoms with E-state index in [0.717, 1.165) is 35.6 Å². The van der Waals surface area contributed by atoms with Gasteiger partial charge < -0.3 is 9.42 Å². The van der Waals surface area contributed by atoms with E-state index in [1.54, 1.807) is 6.07 Å². The number of piperidine rings is 1. The van der Waals surface area contributed by atoms with Gasteiger partial charge in [-0.25, -0.2) is 13.8 Å². The minimum Gasteiger partial charge on any atom is -0.364 e. The Balaban J connectivity index is 1.25. The SMILES string of the molecule is CN1SN(CC2CC2(F)F)c2ccc(C3=CC4CCC3CN4C(=O)c3ccon3)nc21. The van der Waals surface area contributed by atoms with E-state index < -0.39 is 11.8 Å². The van der Waals surface area contributed by atoms with Gasteiger partial charge in [0.25, 0.3) is 11.8 Å². The van der Waals surface area contributed by atoms with Gasteiger partial charge in [-0.15, -0.1) is 0 Å².